The van der Waals surface area contributed by atoms with Gasteiger partial charge in [0.2, 0.25) is 5.88 Å². The molecule has 0 aliphatic heterocycles. The van der Waals surface area contributed by atoms with Crippen LogP contribution in [0.5, 0.6) is 5.88 Å². The van der Waals surface area contributed by atoms with E-state index in [1.165, 1.54) is 7.11 Å². The van der Waals surface area contributed by atoms with Crippen LogP contribution in [0.25, 0.3) is 0 Å². The van der Waals surface area contributed by atoms with Crippen molar-refractivity contribution >= 4 is 23.8 Å². The van der Waals surface area contributed by atoms with Crippen LogP contribution >= 0.6 is 23.8 Å². The Morgan fingerprint density at radius 3 is 2.90 bits per heavy atom. The normalized spacial score (nSPS) is 9.40. The zero-order chi connectivity index (χ0) is 7.56. The molecule has 0 spiro atoms. The second-order valence-electron chi connectivity index (χ2n) is 1.69. The lowest BCUT2D eigenvalue weighted by Gasteiger charge is -1.99. The van der Waals surface area contributed by atoms with Gasteiger partial charge in [-0.05, 0) is 6.07 Å². The number of pyridine rings is 1. The first-order valence-corrected chi connectivity index (χ1v) is 3.45. The minimum Gasteiger partial charge on any atom is -0.481 e. The van der Waals surface area contributed by atoms with Crippen molar-refractivity contribution in [1.82, 2.24) is 4.98 Å². The van der Waals surface area contributed by atoms with Crippen molar-refractivity contribution in [3.8, 4) is 5.88 Å². The van der Waals surface area contributed by atoms with Crippen LogP contribution < -0.4 is 4.74 Å². The Bertz CT molecular complexity index is 283. The topological polar surface area (TPSA) is 25.0 Å². The van der Waals surface area contributed by atoms with Crippen molar-refractivity contribution in [3.63, 3.8) is 0 Å². The van der Waals surface area contributed by atoms with Crippen molar-refractivity contribution in [2.45, 2.75) is 0 Å². The zero-order valence-corrected chi connectivity index (χ0v) is 6.92. The predicted octanol–water partition coefficient (Wildman–Crippen LogP) is 2.41. The fraction of sp³-hybridized carbons (Fsp3) is 0.167. The number of nitrogens with one attached hydrogen (secondary N) is 1. The number of aromatic nitrogens is 1. The number of rotatable bonds is 1. The van der Waals surface area contributed by atoms with Gasteiger partial charge >= 0.3 is 0 Å². The average Bonchev–Trinajstić information content (AvgIpc) is 1.95. The minimum absolute atomic E-state index is 0.458. The molecule has 1 heterocycles. The maximum Gasteiger partial charge on any atom is 0.211 e. The van der Waals surface area contributed by atoms with Gasteiger partial charge in [-0.1, -0.05) is 23.8 Å². The Balaban J connectivity index is 3.28. The van der Waals surface area contributed by atoms with Gasteiger partial charge in [0.15, 0.2) is 0 Å². The van der Waals surface area contributed by atoms with E-state index in [2.05, 4.69) is 4.98 Å². The van der Waals surface area contributed by atoms with Gasteiger partial charge in [-0.2, -0.15) is 0 Å². The van der Waals surface area contributed by atoms with Crippen LogP contribution in [0.2, 0.25) is 5.02 Å². The van der Waals surface area contributed by atoms with Gasteiger partial charge in [0.25, 0.3) is 0 Å². The monoisotopic (exact) mass is 175 g/mol. The number of hydrogen-bond acceptors (Lipinski definition) is 2. The first kappa shape index (κ1) is 7.57. The predicted molar refractivity (Wildman–Crippen MR) is 43.2 cm³/mol. The highest BCUT2D eigenvalue weighted by atomic mass is 35.5. The van der Waals surface area contributed by atoms with Crippen molar-refractivity contribution in [2.75, 3.05) is 7.11 Å². The molecule has 2 nitrogen and oxygen atoms in total. The lowest BCUT2D eigenvalue weighted by molar-refractivity contribution is 0.398. The molecule has 0 unspecified atom stereocenters. The number of hydrogen-bond donors (Lipinski definition) is 1. The smallest absolute Gasteiger partial charge is 0.211 e. The first-order valence-electron chi connectivity index (χ1n) is 2.67. The number of halogens is 1. The van der Waals surface area contributed by atoms with Crippen LogP contribution in [0, 0.1) is 4.51 Å². The second kappa shape index (κ2) is 3.03. The summed E-state index contributed by atoms with van der Waals surface area (Å²) in [7, 11) is 1.53. The van der Waals surface area contributed by atoms with Gasteiger partial charge in [-0.15, -0.1) is 0 Å². The number of H-pyrrole nitrogens is 1. The first-order chi connectivity index (χ1) is 4.75. The molecular formula is C6H6ClNOS. The van der Waals surface area contributed by atoms with Crippen molar-refractivity contribution in [2.24, 2.45) is 0 Å². The molecule has 1 aromatic heterocycles. The van der Waals surface area contributed by atoms with E-state index in [-0.39, 0.29) is 0 Å². The molecule has 54 valence electrons. The van der Waals surface area contributed by atoms with Gasteiger partial charge in [0, 0.05) is 6.20 Å². The van der Waals surface area contributed by atoms with E-state index < -0.39 is 0 Å². The molecule has 0 amide bonds. The maximum atomic E-state index is 5.73. The highest BCUT2D eigenvalue weighted by molar-refractivity contribution is 7.71. The van der Waals surface area contributed by atoms with Crippen molar-refractivity contribution < 1.29 is 4.74 Å². The molecule has 0 aliphatic carbocycles. The van der Waals surface area contributed by atoms with E-state index in [1.54, 1.807) is 12.3 Å². The molecule has 0 radical (unpaired) electrons. The highest BCUT2D eigenvalue weighted by Gasteiger charge is 1.98. The molecule has 0 fully saturated rings. The second-order valence-corrected chi connectivity index (χ2v) is 2.51. The average molecular weight is 176 g/mol. The van der Waals surface area contributed by atoms with Crippen LogP contribution in [0.4, 0.5) is 0 Å². The summed E-state index contributed by atoms with van der Waals surface area (Å²) < 4.78 is 5.47. The number of methoxy groups -OCH3 is 1. The van der Waals surface area contributed by atoms with Crippen LogP contribution in [-0.2, 0) is 0 Å². The van der Waals surface area contributed by atoms with Gasteiger partial charge in [-0.25, -0.2) is 0 Å². The third-order valence-corrected chi connectivity index (χ3v) is 1.90. The van der Waals surface area contributed by atoms with E-state index in [4.69, 9.17) is 28.6 Å². The molecule has 0 bridgehead atoms. The van der Waals surface area contributed by atoms with Gasteiger partial charge in [0.1, 0.15) is 5.02 Å². The lowest BCUT2D eigenvalue weighted by atomic mass is 10.5. The summed E-state index contributed by atoms with van der Waals surface area (Å²) in [6, 6.07) is 1.71. The summed E-state index contributed by atoms with van der Waals surface area (Å²) in [5.74, 6) is 0.508. The van der Waals surface area contributed by atoms with E-state index in [9.17, 15) is 0 Å². The Kier molecular flexibility index (Phi) is 2.29. The van der Waals surface area contributed by atoms with E-state index in [1.807, 2.05) is 0 Å². The third-order valence-electron chi connectivity index (χ3n) is 1.07. The molecule has 0 aromatic carbocycles. The highest BCUT2D eigenvalue weighted by Crippen LogP contribution is 2.20. The SMILES string of the molecule is COc1[nH]ccc(=S)c1Cl. The Labute approximate surface area is 68.8 Å². The van der Waals surface area contributed by atoms with Crippen molar-refractivity contribution in [1.29, 1.82) is 0 Å². The van der Waals surface area contributed by atoms with Crippen LogP contribution in [0.15, 0.2) is 12.3 Å². The Morgan fingerprint density at radius 2 is 2.40 bits per heavy atom. The summed E-state index contributed by atoms with van der Waals surface area (Å²) in [5.41, 5.74) is 0. The Hall–Kier alpha value is -0.540. The number of aromatic amines is 1. The molecule has 0 aliphatic rings. The molecular weight excluding hydrogens is 170 g/mol. The molecule has 10 heavy (non-hydrogen) atoms. The van der Waals surface area contributed by atoms with Crippen LogP contribution in [0.3, 0.4) is 0 Å². The summed E-state index contributed by atoms with van der Waals surface area (Å²) in [6.07, 6.45) is 1.69. The third kappa shape index (κ3) is 1.30. The van der Waals surface area contributed by atoms with E-state index in [0.717, 1.165) is 0 Å². The zero-order valence-electron chi connectivity index (χ0n) is 5.35. The van der Waals surface area contributed by atoms with Gasteiger partial charge in [-0.3, -0.25) is 0 Å². The molecule has 1 aromatic rings. The van der Waals surface area contributed by atoms with E-state index in [0.29, 0.717) is 15.4 Å². The molecule has 0 atom stereocenters. The lowest BCUT2D eigenvalue weighted by Crippen LogP contribution is -1.87. The number of ether oxygens (including phenoxy) is 1. The largest absolute Gasteiger partial charge is 0.481 e. The Morgan fingerprint density at radius 1 is 1.70 bits per heavy atom. The summed E-state index contributed by atoms with van der Waals surface area (Å²) in [6.45, 7) is 0. The van der Waals surface area contributed by atoms with E-state index >= 15 is 0 Å². The molecule has 0 saturated carbocycles. The van der Waals surface area contributed by atoms with Crippen LogP contribution in [0.1, 0.15) is 0 Å². The fourth-order valence-corrected chi connectivity index (χ4v) is 0.945. The fourth-order valence-electron chi connectivity index (χ4n) is 0.590. The van der Waals surface area contributed by atoms with Gasteiger partial charge < -0.3 is 9.72 Å². The minimum atomic E-state index is 0.458. The summed E-state index contributed by atoms with van der Waals surface area (Å²) >= 11 is 10.6. The molecule has 1 rings (SSSR count). The standard InChI is InChI=1S/C6H6ClNOS/c1-9-6-5(7)4(10)2-3-8-6/h2-3H,1H3,(H,8,10). The maximum absolute atomic E-state index is 5.73. The van der Waals surface area contributed by atoms with Crippen LogP contribution in [-0.4, -0.2) is 12.1 Å². The molecule has 4 heteroatoms. The summed E-state index contributed by atoms with van der Waals surface area (Å²) in [4.78, 5) is 2.81. The quantitative estimate of drug-likeness (QED) is 0.664. The molecule has 1 N–H and O–H groups in total. The van der Waals surface area contributed by atoms with Crippen molar-refractivity contribution in [3.05, 3.63) is 21.8 Å². The van der Waals surface area contributed by atoms with Gasteiger partial charge in [0.05, 0.1) is 11.6 Å². The summed E-state index contributed by atoms with van der Waals surface area (Å²) in [5, 5.41) is 0.458. The molecule has 0 saturated heterocycles.